The second kappa shape index (κ2) is 11.6. The molecule has 3 atom stereocenters. The van der Waals surface area contributed by atoms with Gasteiger partial charge in [-0.3, -0.25) is 14.4 Å². The van der Waals surface area contributed by atoms with Gasteiger partial charge in [0.05, 0.1) is 12.6 Å². The highest BCUT2D eigenvalue weighted by Crippen LogP contribution is 2.19. The van der Waals surface area contributed by atoms with Crippen LogP contribution in [0.15, 0.2) is 0 Å². The van der Waals surface area contributed by atoms with Crippen molar-refractivity contribution in [2.45, 2.75) is 64.1 Å². The van der Waals surface area contributed by atoms with Crippen molar-refractivity contribution >= 4 is 23.7 Å². The topological polar surface area (TPSA) is 168 Å². The van der Waals surface area contributed by atoms with Crippen LogP contribution in [-0.4, -0.2) is 71.5 Å². The zero-order chi connectivity index (χ0) is 21.3. The average Bonchev–Trinajstić information content (AvgIpc) is 3.14. The van der Waals surface area contributed by atoms with Gasteiger partial charge in [0, 0.05) is 6.54 Å². The van der Waals surface area contributed by atoms with Crippen molar-refractivity contribution in [1.29, 1.82) is 0 Å². The van der Waals surface area contributed by atoms with E-state index in [2.05, 4.69) is 10.6 Å². The number of hydrogen-bond acceptors (Lipinski definition) is 6. The molecule has 0 aromatic rings. The highest BCUT2D eigenvalue weighted by atomic mass is 16.4. The molecule has 1 fully saturated rings. The first-order valence-corrected chi connectivity index (χ1v) is 9.75. The summed E-state index contributed by atoms with van der Waals surface area (Å²) < 4.78 is 0. The van der Waals surface area contributed by atoms with E-state index >= 15 is 0 Å². The summed E-state index contributed by atoms with van der Waals surface area (Å²) in [4.78, 5) is 49.6. The molecule has 0 aliphatic carbocycles. The monoisotopic (exact) mass is 399 g/mol. The van der Waals surface area contributed by atoms with E-state index < -0.39 is 41.8 Å². The van der Waals surface area contributed by atoms with E-state index in [1.807, 2.05) is 0 Å². The van der Waals surface area contributed by atoms with Crippen molar-refractivity contribution in [3.05, 3.63) is 0 Å². The minimum absolute atomic E-state index is 0.0724. The average molecular weight is 399 g/mol. The number of hydrogen-bond donors (Lipinski definition) is 5. The van der Waals surface area contributed by atoms with Crippen LogP contribution in [0.1, 0.15) is 46.0 Å². The second-order valence-corrected chi connectivity index (χ2v) is 7.42. The van der Waals surface area contributed by atoms with Gasteiger partial charge in [0.15, 0.2) is 0 Å². The fourth-order valence-electron chi connectivity index (χ4n) is 3.07. The maximum Gasteiger partial charge on any atom is 0.326 e. The van der Waals surface area contributed by atoms with Crippen molar-refractivity contribution in [3.8, 4) is 0 Å². The first kappa shape index (κ1) is 23.8. The van der Waals surface area contributed by atoms with Crippen molar-refractivity contribution in [2.75, 3.05) is 19.6 Å². The van der Waals surface area contributed by atoms with E-state index in [1.54, 1.807) is 13.8 Å². The van der Waals surface area contributed by atoms with Crippen molar-refractivity contribution < 1.29 is 24.3 Å². The molecule has 3 unspecified atom stereocenters. The molecular weight excluding hydrogens is 366 g/mol. The summed E-state index contributed by atoms with van der Waals surface area (Å²) in [6, 6.07) is -2.45. The fourth-order valence-corrected chi connectivity index (χ4v) is 3.07. The highest BCUT2D eigenvalue weighted by Gasteiger charge is 2.37. The number of nitrogens with two attached hydrogens (primary N) is 2. The Labute approximate surface area is 165 Å². The molecule has 3 amide bonds. The number of aliphatic carboxylic acids is 1. The molecule has 1 saturated heterocycles. The maximum atomic E-state index is 12.8. The number of likely N-dealkylation sites (tertiary alicyclic amines) is 1. The smallest absolute Gasteiger partial charge is 0.326 e. The van der Waals surface area contributed by atoms with Gasteiger partial charge in [-0.25, -0.2) is 4.79 Å². The van der Waals surface area contributed by atoms with E-state index in [0.717, 1.165) is 0 Å². The van der Waals surface area contributed by atoms with Crippen LogP contribution >= 0.6 is 0 Å². The Bertz CT molecular complexity index is 569. The van der Waals surface area contributed by atoms with Gasteiger partial charge in [0.1, 0.15) is 12.1 Å². The van der Waals surface area contributed by atoms with Crippen molar-refractivity contribution in [3.63, 3.8) is 0 Å². The normalized spacial score (nSPS) is 18.6. The Kier molecular flexibility index (Phi) is 9.88. The number of carbonyl (C=O) groups excluding carboxylic acids is 3. The number of nitrogens with zero attached hydrogens (tertiary/aromatic N) is 1. The second-order valence-electron chi connectivity index (χ2n) is 7.42. The SMILES string of the molecule is CC(C)C(N)C(=O)NCC(=O)NC(CCCCN)C(=O)N1CCCC1C(=O)O. The Hall–Kier alpha value is -2.20. The molecule has 160 valence electrons. The number of carboxylic acids is 1. The minimum atomic E-state index is -1.05. The molecule has 0 aromatic carbocycles. The van der Waals surface area contributed by atoms with Crippen LogP contribution in [0, 0.1) is 5.92 Å². The fraction of sp³-hybridized carbons (Fsp3) is 0.778. The first-order chi connectivity index (χ1) is 13.2. The zero-order valence-electron chi connectivity index (χ0n) is 16.6. The molecule has 1 aliphatic heterocycles. The Morgan fingerprint density at radius 1 is 1.21 bits per heavy atom. The molecule has 0 bridgehead atoms. The van der Waals surface area contributed by atoms with Crippen LogP contribution in [-0.2, 0) is 19.2 Å². The zero-order valence-corrected chi connectivity index (χ0v) is 16.6. The summed E-state index contributed by atoms with van der Waals surface area (Å²) in [5.74, 6) is -2.51. The van der Waals surface area contributed by atoms with E-state index in [1.165, 1.54) is 4.90 Å². The summed E-state index contributed by atoms with van der Waals surface area (Å²) in [7, 11) is 0. The predicted molar refractivity (Wildman–Crippen MR) is 103 cm³/mol. The van der Waals surface area contributed by atoms with Gasteiger partial charge >= 0.3 is 5.97 Å². The van der Waals surface area contributed by atoms with E-state index in [-0.39, 0.29) is 12.5 Å². The molecule has 10 heteroatoms. The number of amides is 3. The number of carboxylic acid groups (broad SMARTS) is 1. The lowest BCUT2D eigenvalue weighted by atomic mass is 10.1. The molecule has 1 rings (SSSR count). The van der Waals surface area contributed by atoms with Gasteiger partial charge in [-0.15, -0.1) is 0 Å². The Morgan fingerprint density at radius 3 is 2.46 bits per heavy atom. The summed E-state index contributed by atoms with van der Waals surface area (Å²) in [5, 5.41) is 14.4. The minimum Gasteiger partial charge on any atom is -0.480 e. The van der Waals surface area contributed by atoms with Crippen LogP contribution in [0.4, 0.5) is 0 Å². The third kappa shape index (κ3) is 7.08. The molecule has 28 heavy (non-hydrogen) atoms. The molecule has 0 saturated carbocycles. The number of rotatable bonds is 11. The third-order valence-electron chi connectivity index (χ3n) is 4.85. The van der Waals surface area contributed by atoms with Crippen LogP contribution in [0.5, 0.6) is 0 Å². The molecule has 0 radical (unpaired) electrons. The molecule has 7 N–H and O–H groups in total. The van der Waals surface area contributed by atoms with Gasteiger partial charge in [-0.1, -0.05) is 13.8 Å². The number of unbranched alkanes of at least 4 members (excludes halogenated alkanes) is 1. The molecule has 1 heterocycles. The third-order valence-corrected chi connectivity index (χ3v) is 4.85. The quantitative estimate of drug-likeness (QED) is 0.271. The highest BCUT2D eigenvalue weighted by molar-refractivity contribution is 5.92. The Morgan fingerprint density at radius 2 is 1.89 bits per heavy atom. The lowest BCUT2D eigenvalue weighted by Crippen LogP contribution is -2.54. The summed E-state index contributed by atoms with van der Waals surface area (Å²) in [6.45, 7) is 4.09. The molecule has 10 nitrogen and oxygen atoms in total. The standard InChI is InChI=1S/C18H33N5O5/c1-11(2)15(20)16(25)21-10-14(24)22-12(6-3-4-8-19)17(26)23-9-5-7-13(23)18(27)28/h11-13,15H,3-10,19-20H2,1-2H3,(H,21,25)(H,22,24)(H,27,28). The summed E-state index contributed by atoms with van der Waals surface area (Å²) >= 11 is 0. The maximum absolute atomic E-state index is 12.8. The molecular formula is C18H33N5O5. The van der Waals surface area contributed by atoms with Gasteiger partial charge in [-0.05, 0) is 44.6 Å². The number of carbonyl (C=O) groups is 4. The van der Waals surface area contributed by atoms with Gasteiger partial charge in [0.25, 0.3) is 0 Å². The van der Waals surface area contributed by atoms with E-state index in [0.29, 0.717) is 45.2 Å². The van der Waals surface area contributed by atoms with Crippen molar-refractivity contribution in [1.82, 2.24) is 15.5 Å². The molecule has 0 spiro atoms. The van der Waals surface area contributed by atoms with Crippen LogP contribution in [0.25, 0.3) is 0 Å². The first-order valence-electron chi connectivity index (χ1n) is 9.75. The lowest BCUT2D eigenvalue weighted by Gasteiger charge is -2.27. The Balaban J connectivity index is 2.70. The molecule has 1 aliphatic rings. The van der Waals surface area contributed by atoms with Crippen LogP contribution < -0.4 is 22.1 Å². The van der Waals surface area contributed by atoms with Crippen LogP contribution in [0.2, 0.25) is 0 Å². The summed E-state index contributed by atoms with van der Waals surface area (Å²) in [6.07, 6.45) is 2.65. The predicted octanol–water partition coefficient (Wildman–Crippen LogP) is -1.22. The summed E-state index contributed by atoms with van der Waals surface area (Å²) in [5.41, 5.74) is 11.2. The largest absolute Gasteiger partial charge is 0.480 e. The van der Waals surface area contributed by atoms with E-state index in [4.69, 9.17) is 11.5 Å². The lowest BCUT2D eigenvalue weighted by molar-refractivity contribution is -0.149. The van der Waals surface area contributed by atoms with Gasteiger partial charge < -0.3 is 32.1 Å². The van der Waals surface area contributed by atoms with Crippen molar-refractivity contribution in [2.24, 2.45) is 17.4 Å². The van der Waals surface area contributed by atoms with Gasteiger partial charge in [-0.2, -0.15) is 0 Å². The number of nitrogens with one attached hydrogen (secondary N) is 2. The van der Waals surface area contributed by atoms with Crippen LogP contribution in [0.3, 0.4) is 0 Å². The molecule has 0 aromatic heterocycles. The van der Waals surface area contributed by atoms with Gasteiger partial charge in [0.2, 0.25) is 17.7 Å². The van der Waals surface area contributed by atoms with E-state index in [9.17, 15) is 24.3 Å².